The average molecular weight is 303 g/mol. The van der Waals surface area contributed by atoms with Gasteiger partial charge in [-0.15, -0.1) is 11.8 Å². The molecule has 1 aromatic rings. The standard InChI is InChI=1S/C13H15F2NO3S/c1-2-3-11(13(18)19)16-12(17)7-20-8-4-5-9(14)10(15)6-8/h4-6,11H,2-3,7H2,1H3,(H,16,17)(H,18,19). The van der Waals surface area contributed by atoms with Crippen LogP contribution in [0.25, 0.3) is 0 Å². The van der Waals surface area contributed by atoms with Crippen LogP contribution in [0.2, 0.25) is 0 Å². The third-order valence-corrected chi connectivity index (χ3v) is 3.47. The lowest BCUT2D eigenvalue weighted by atomic mass is 10.2. The van der Waals surface area contributed by atoms with Crippen molar-refractivity contribution >= 4 is 23.6 Å². The second-order valence-electron chi connectivity index (χ2n) is 4.11. The van der Waals surface area contributed by atoms with Crippen LogP contribution in [-0.4, -0.2) is 28.8 Å². The summed E-state index contributed by atoms with van der Waals surface area (Å²) < 4.78 is 25.7. The molecule has 2 N–H and O–H groups in total. The second kappa shape index (κ2) is 7.84. The summed E-state index contributed by atoms with van der Waals surface area (Å²) in [6, 6.07) is 2.41. The van der Waals surface area contributed by atoms with Gasteiger partial charge in [0.2, 0.25) is 5.91 Å². The van der Waals surface area contributed by atoms with Gasteiger partial charge in [0.25, 0.3) is 0 Å². The van der Waals surface area contributed by atoms with Gasteiger partial charge in [-0.05, 0) is 24.6 Å². The number of hydrogen-bond donors (Lipinski definition) is 2. The van der Waals surface area contributed by atoms with Gasteiger partial charge in [0.15, 0.2) is 11.6 Å². The Kier molecular flexibility index (Phi) is 6.44. The van der Waals surface area contributed by atoms with E-state index in [1.165, 1.54) is 6.07 Å². The molecule has 1 rings (SSSR count). The van der Waals surface area contributed by atoms with E-state index in [9.17, 15) is 18.4 Å². The molecule has 0 radical (unpaired) electrons. The van der Waals surface area contributed by atoms with Crippen LogP contribution in [0.1, 0.15) is 19.8 Å². The second-order valence-corrected chi connectivity index (χ2v) is 5.16. The lowest BCUT2D eigenvalue weighted by Gasteiger charge is -2.13. The number of amides is 1. The summed E-state index contributed by atoms with van der Waals surface area (Å²) in [6.45, 7) is 1.82. The van der Waals surface area contributed by atoms with Gasteiger partial charge in [-0.3, -0.25) is 4.79 Å². The molecule has 4 nitrogen and oxygen atoms in total. The van der Waals surface area contributed by atoms with E-state index in [0.29, 0.717) is 17.7 Å². The van der Waals surface area contributed by atoms with Crippen LogP contribution in [-0.2, 0) is 9.59 Å². The molecule has 0 aliphatic rings. The highest BCUT2D eigenvalue weighted by Crippen LogP contribution is 2.20. The molecule has 7 heteroatoms. The molecule has 0 fully saturated rings. The summed E-state index contributed by atoms with van der Waals surface area (Å²) >= 11 is 1.01. The lowest BCUT2D eigenvalue weighted by molar-refractivity contribution is -0.141. The van der Waals surface area contributed by atoms with Gasteiger partial charge in [-0.1, -0.05) is 13.3 Å². The normalized spacial score (nSPS) is 11.9. The first-order valence-corrected chi connectivity index (χ1v) is 7.02. The largest absolute Gasteiger partial charge is 0.480 e. The fraction of sp³-hybridized carbons (Fsp3) is 0.385. The molecule has 1 unspecified atom stereocenters. The summed E-state index contributed by atoms with van der Waals surface area (Å²) in [6.07, 6.45) is 0.977. The van der Waals surface area contributed by atoms with Gasteiger partial charge in [0, 0.05) is 4.90 Å². The number of carboxylic acids is 1. The highest BCUT2D eigenvalue weighted by Gasteiger charge is 2.18. The summed E-state index contributed by atoms with van der Waals surface area (Å²) in [5, 5.41) is 11.3. The van der Waals surface area contributed by atoms with E-state index in [4.69, 9.17) is 5.11 Å². The molecular weight excluding hydrogens is 288 g/mol. The molecular formula is C13H15F2NO3S. The van der Waals surface area contributed by atoms with Crippen LogP contribution in [0.5, 0.6) is 0 Å². The number of carboxylic acid groups (broad SMARTS) is 1. The quantitative estimate of drug-likeness (QED) is 0.759. The van der Waals surface area contributed by atoms with Crippen molar-refractivity contribution in [3.05, 3.63) is 29.8 Å². The Morgan fingerprint density at radius 2 is 2.05 bits per heavy atom. The minimum Gasteiger partial charge on any atom is -0.480 e. The van der Waals surface area contributed by atoms with Gasteiger partial charge in [-0.25, -0.2) is 13.6 Å². The Labute approximate surface area is 119 Å². The minimum absolute atomic E-state index is 0.0570. The van der Waals surface area contributed by atoms with Crippen molar-refractivity contribution in [1.82, 2.24) is 5.32 Å². The molecule has 1 atom stereocenters. The highest BCUT2D eigenvalue weighted by atomic mass is 32.2. The fourth-order valence-electron chi connectivity index (χ4n) is 1.50. The summed E-state index contributed by atoms with van der Waals surface area (Å²) in [5.74, 6) is -3.53. The van der Waals surface area contributed by atoms with E-state index < -0.39 is 29.6 Å². The molecule has 1 aromatic carbocycles. The van der Waals surface area contributed by atoms with Crippen molar-refractivity contribution in [2.24, 2.45) is 0 Å². The maximum atomic E-state index is 13.0. The fourth-order valence-corrected chi connectivity index (χ4v) is 2.23. The number of nitrogens with one attached hydrogen (secondary N) is 1. The Morgan fingerprint density at radius 1 is 1.35 bits per heavy atom. The maximum absolute atomic E-state index is 13.0. The van der Waals surface area contributed by atoms with Gasteiger partial charge in [0.05, 0.1) is 5.75 Å². The first kappa shape index (κ1) is 16.4. The monoisotopic (exact) mass is 303 g/mol. The Bertz CT molecular complexity index is 497. The van der Waals surface area contributed by atoms with Crippen LogP contribution < -0.4 is 5.32 Å². The number of halogens is 2. The predicted molar refractivity (Wildman–Crippen MR) is 71.6 cm³/mol. The Hall–Kier alpha value is -1.63. The summed E-state index contributed by atoms with van der Waals surface area (Å²) in [7, 11) is 0. The number of carbonyl (C=O) groups is 2. The van der Waals surface area contributed by atoms with Crippen molar-refractivity contribution in [1.29, 1.82) is 0 Å². The van der Waals surface area contributed by atoms with Gasteiger partial charge >= 0.3 is 5.97 Å². The molecule has 0 heterocycles. The smallest absolute Gasteiger partial charge is 0.326 e. The number of thioether (sulfide) groups is 1. The van der Waals surface area contributed by atoms with E-state index in [0.717, 1.165) is 23.9 Å². The van der Waals surface area contributed by atoms with E-state index in [-0.39, 0.29) is 5.75 Å². The number of benzene rings is 1. The third-order valence-electron chi connectivity index (χ3n) is 2.47. The first-order chi connectivity index (χ1) is 9.43. The van der Waals surface area contributed by atoms with E-state index >= 15 is 0 Å². The third kappa shape index (κ3) is 5.16. The SMILES string of the molecule is CCCC(NC(=O)CSc1ccc(F)c(F)c1)C(=O)O. The maximum Gasteiger partial charge on any atom is 0.326 e. The molecule has 1 amide bonds. The number of rotatable bonds is 7. The number of hydrogen-bond acceptors (Lipinski definition) is 3. The van der Waals surface area contributed by atoms with Gasteiger partial charge in [-0.2, -0.15) is 0 Å². The Balaban J connectivity index is 2.50. The number of aliphatic carboxylic acids is 1. The van der Waals surface area contributed by atoms with E-state index in [1.807, 2.05) is 6.92 Å². The zero-order chi connectivity index (χ0) is 15.1. The van der Waals surface area contributed by atoms with Crippen LogP contribution in [0.3, 0.4) is 0 Å². The molecule has 20 heavy (non-hydrogen) atoms. The molecule has 0 aromatic heterocycles. The molecule has 110 valence electrons. The predicted octanol–water partition coefficient (Wildman–Crippen LogP) is 2.43. The minimum atomic E-state index is -1.09. The van der Waals surface area contributed by atoms with Crippen molar-refractivity contribution < 1.29 is 23.5 Å². The van der Waals surface area contributed by atoms with Crippen LogP contribution in [0.15, 0.2) is 23.1 Å². The van der Waals surface area contributed by atoms with Gasteiger partial charge in [0.1, 0.15) is 6.04 Å². The molecule has 0 bridgehead atoms. The molecule has 0 aliphatic heterocycles. The molecule has 0 spiro atoms. The number of carbonyl (C=O) groups excluding carboxylic acids is 1. The highest BCUT2D eigenvalue weighted by molar-refractivity contribution is 8.00. The summed E-state index contributed by atoms with van der Waals surface area (Å²) in [4.78, 5) is 22.9. The van der Waals surface area contributed by atoms with Crippen LogP contribution >= 0.6 is 11.8 Å². The van der Waals surface area contributed by atoms with Crippen LogP contribution in [0, 0.1) is 11.6 Å². The average Bonchev–Trinajstić information content (AvgIpc) is 2.39. The van der Waals surface area contributed by atoms with Gasteiger partial charge < -0.3 is 10.4 Å². The van der Waals surface area contributed by atoms with Crippen LogP contribution in [0.4, 0.5) is 8.78 Å². The van der Waals surface area contributed by atoms with E-state index in [2.05, 4.69) is 5.32 Å². The topological polar surface area (TPSA) is 66.4 Å². The molecule has 0 aliphatic carbocycles. The lowest BCUT2D eigenvalue weighted by Crippen LogP contribution is -2.41. The van der Waals surface area contributed by atoms with E-state index in [1.54, 1.807) is 0 Å². The van der Waals surface area contributed by atoms with Crippen molar-refractivity contribution in [3.63, 3.8) is 0 Å². The molecule has 0 saturated heterocycles. The van der Waals surface area contributed by atoms with Crippen molar-refractivity contribution in [2.75, 3.05) is 5.75 Å². The molecule has 0 saturated carbocycles. The zero-order valence-electron chi connectivity index (χ0n) is 10.9. The zero-order valence-corrected chi connectivity index (χ0v) is 11.7. The van der Waals surface area contributed by atoms with Crippen molar-refractivity contribution in [2.45, 2.75) is 30.7 Å². The first-order valence-electron chi connectivity index (χ1n) is 6.04. The summed E-state index contributed by atoms with van der Waals surface area (Å²) in [5.41, 5.74) is 0. The van der Waals surface area contributed by atoms with Crippen molar-refractivity contribution in [3.8, 4) is 0 Å². The Morgan fingerprint density at radius 3 is 2.60 bits per heavy atom.